The molecule has 154 valence electrons. The number of hydrogen-bond acceptors (Lipinski definition) is 4. The van der Waals surface area contributed by atoms with E-state index < -0.39 is 10.0 Å². The van der Waals surface area contributed by atoms with E-state index in [1.54, 1.807) is 25.4 Å². The van der Waals surface area contributed by atoms with Gasteiger partial charge >= 0.3 is 0 Å². The molecule has 0 unspecified atom stereocenters. The second kappa shape index (κ2) is 8.39. The van der Waals surface area contributed by atoms with Crippen LogP contribution < -0.4 is 5.32 Å². The highest BCUT2D eigenvalue weighted by Gasteiger charge is 2.22. The van der Waals surface area contributed by atoms with Gasteiger partial charge < -0.3 is 9.73 Å². The molecule has 0 aliphatic carbocycles. The molecule has 0 spiro atoms. The highest BCUT2D eigenvalue weighted by molar-refractivity contribution is 7.89. The summed E-state index contributed by atoms with van der Waals surface area (Å²) in [6.45, 7) is 5.71. The number of amides is 1. The first kappa shape index (κ1) is 21.1. The highest BCUT2D eigenvalue weighted by atomic mass is 32.2. The van der Waals surface area contributed by atoms with E-state index in [4.69, 9.17) is 4.42 Å². The van der Waals surface area contributed by atoms with Crippen molar-refractivity contribution < 1.29 is 17.6 Å². The molecule has 0 atom stereocenters. The lowest BCUT2D eigenvalue weighted by Gasteiger charge is -2.21. The molecule has 1 N–H and O–H groups in total. The Balaban J connectivity index is 1.70. The summed E-state index contributed by atoms with van der Waals surface area (Å²) >= 11 is 0. The van der Waals surface area contributed by atoms with Gasteiger partial charge in [0.05, 0.1) is 17.6 Å². The van der Waals surface area contributed by atoms with Gasteiger partial charge in [0, 0.05) is 29.7 Å². The molecule has 0 fully saturated rings. The highest BCUT2D eigenvalue weighted by Crippen LogP contribution is 2.24. The number of hydrogen-bond donors (Lipinski definition) is 1. The van der Waals surface area contributed by atoms with Gasteiger partial charge in [-0.2, -0.15) is 4.31 Å². The Labute approximate surface area is 171 Å². The molecule has 0 aliphatic heterocycles. The summed E-state index contributed by atoms with van der Waals surface area (Å²) in [6.07, 6.45) is 2.71. The number of aryl methyl sites for hydroxylation is 1. The van der Waals surface area contributed by atoms with Gasteiger partial charge in [-0.15, -0.1) is 0 Å². The maximum atomic E-state index is 12.5. The average Bonchev–Trinajstić information content (AvgIpc) is 3.09. The number of nitrogens with one attached hydrogen (secondary N) is 1. The zero-order chi connectivity index (χ0) is 21.2. The van der Waals surface area contributed by atoms with Gasteiger partial charge in [-0.3, -0.25) is 4.79 Å². The molecule has 6 nitrogen and oxygen atoms in total. The van der Waals surface area contributed by atoms with Crippen LogP contribution >= 0.6 is 0 Å². The lowest BCUT2D eigenvalue weighted by molar-refractivity contribution is -0.115. The first-order valence-electron chi connectivity index (χ1n) is 9.59. The molecule has 0 saturated carbocycles. The summed E-state index contributed by atoms with van der Waals surface area (Å²) in [4.78, 5) is 12.6. The number of sulfonamides is 1. The Hall–Kier alpha value is -2.64. The van der Waals surface area contributed by atoms with E-state index in [9.17, 15) is 13.2 Å². The van der Waals surface area contributed by atoms with E-state index in [-0.39, 0.29) is 23.3 Å². The van der Waals surface area contributed by atoms with E-state index >= 15 is 0 Å². The van der Waals surface area contributed by atoms with Crippen molar-refractivity contribution in [2.45, 2.75) is 44.6 Å². The monoisotopic (exact) mass is 414 g/mol. The largest absolute Gasteiger partial charge is 0.464 e. The predicted octanol–water partition coefficient (Wildman–Crippen LogP) is 4.21. The van der Waals surface area contributed by atoms with Crippen molar-refractivity contribution in [3.05, 3.63) is 59.9 Å². The zero-order valence-electron chi connectivity index (χ0n) is 17.1. The number of benzene rings is 2. The molecule has 3 aromatic rings. The van der Waals surface area contributed by atoms with Crippen LogP contribution in [0.1, 0.15) is 31.9 Å². The van der Waals surface area contributed by atoms with Crippen molar-refractivity contribution in [1.29, 1.82) is 0 Å². The zero-order valence-corrected chi connectivity index (χ0v) is 17.9. The summed E-state index contributed by atoms with van der Waals surface area (Å²) < 4.78 is 31.9. The molecule has 0 aliphatic rings. The van der Waals surface area contributed by atoms with Crippen LogP contribution in [0.2, 0.25) is 0 Å². The lowest BCUT2D eigenvalue weighted by Crippen LogP contribution is -2.33. The smallest absolute Gasteiger partial charge is 0.243 e. The standard InChI is InChI=1S/C22H26N2O4S/c1-5-16-6-11-20-17(14-28-21(20)12-16)13-22(25)23-18-7-9-19(10-8-18)29(26,27)24(4)15(2)3/h6-12,14-15H,5,13H2,1-4H3,(H,23,25). The van der Waals surface area contributed by atoms with Gasteiger partial charge in [0.2, 0.25) is 15.9 Å². The first-order valence-corrected chi connectivity index (χ1v) is 11.0. The lowest BCUT2D eigenvalue weighted by atomic mass is 10.1. The third kappa shape index (κ3) is 4.52. The van der Waals surface area contributed by atoms with Crippen LogP contribution in [0.3, 0.4) is 0 Å². The summed E-state index contributed by atoms with van der Waals surface area (Å²) in [5, 5.41) is 3.74. The molecule has 3 rings (SSSR count). The molecule has 1 amide bonds. The Morgan fingerprint density at radius 1 is 1.14 bits per heavy atom. The fourth-order valence-corrected chi connectivity index (χ4v) is 4.38. The van der Waals surface area contributed by atoms with Crippen molar-refractivity contribution >= 4 is 32.6 Å². The SMILES string of the molecule is CCc1ccc2c(CC(=O)Nc3ccc(S(=O)(=O)N(C)C(C)C)cc3)coc2c1. The molecule has 0 saturated heterocycles. The molecule has 0 radical (unpaired) electrons. The van der Waals surface area contributed by atoms with Crippen LogP contribution in [0.5, 0.6) is 0 Å². The van der Waals surface area contributed by atoms with Gasteiger partial charge in [0.1, 0.15) is 5.58 Å². The van der Waals surface area contributed by atoms with Gasteiger partial charge in [0.15, 0.2) is 0 Å². The molecule has 0 bridgehead atoms. The second-order valence-electron chi connectivity index (χ2n) is 7.31. The minimum absolute atomic E-state index is 0.141. The summed E-state index contributed by atoms with van der Waals surface area (Å²) in [6, 6.07) is 12.1. The number of nitrogens with zero attached hydrogens (tertiary/aromatic N) is 1. The van der Waals surface area contributed by atoms with E-state index in [1.165, 1.54) is 22.0 Å². The van der Waals surface area contributed by atoms with Gasteiger partial charge in [-0.1, -0.05) is 19.1 Å². The normalized spacial score (nSPS) is 12.1. The molecule has 7 heteroatoms. The quantitative estimate of drug-likeness (QED) is 0.628. The topological polar surface area (TPSA) is 79.6 Å². The number of furan rings is 1. The first-order chi connectivity index (χ1) is 13.7. The van der Waals surface area contributed by atoms with Crippen molar-refractivity contribution in [2.24, 2.45) is 0 Å². The van der Waals surface area contributed by atoms with Gasteiger partial charge in [-0.05, 0) is 56.2 Å². The number of anilines is 1. The number of fused-ring (bicyclic) bond motifs is 1. The van der Waals surface area contributed by atoms with Crippen LogP contribution in [-0.4, -0.2) is 31.7 Å². The minimum Gasteiger partial charge on any atom is -0.464 e. The number of carbonyl (C=O) groups excluding carboxylic acids is 1. The van der Waals surface area contributed by atoms with Crippen molar-refractivity contribution in [1.82, 2.24) is 4.31 Å². The van der Waals surface area contributed by atoms with Crippen LogP contribution in [0, 0.1) is 0 Å². The summed E-state index contributed by atoms with van der Waals surface area (Å²) in [5.41, 5.74) is 3.32. The Morgan fingerprint density at radius 3 is 2.45 bits per heavy atom. The van der Waals surface area contributed by atoms with E-state index in [1.807, 2.05) is 32.0 Å². The minimum atomic E-state index is -3.55. The molecule has 29 heavy (non-hydrogen) atoms. The third-order valence-corrected chi connectivity index (χ3v) is 7.07. The predicted molar refractivity (Wildman–Crippen MR) is 114 cm³/mol. The van der Waals surface area contributed by atoms with Crippen molar-refractivity contribution in [3.8, 4) is 0 Å². The van der Waals surface area contributed by atoms with Crippen LogP contribution in [0.15, 0.2) is 58.0 Å². The molecule has 1 heterocycles. The van der Waals surface area contributed by atoms with Crippen molar-refractivity contribution in [3.63, 3.8) is 0 Å². The van der Waals surface area contributed by atoms with E-state index in [2.05, 4.69) is 12.2 Å². The summed E-state index contributed by atoms with van der Waals surface area (Å²) in [7, 11) is -2.00. The van der Waals surface area contributed by atoms with E-state index in [0.29, 0.717) is 5.69 Å². The van der Waals surface area contributed by atoms with E-state index in [0.717, 1.165) is 23.0 Å². The Kier molecular flexibility index (Phi) is 6.10. The maximum Gasteiger partial charge on any atom is 0.243 e. The number of carbonyl (C=O) groups is 1. The molecule has 1 aromatic heterocycles. The fraction of sp³-hybridized carbons (Fsp3) is 0.318. The summed E-state index contributed by atoms with van der Waals surface area (Å²) in [5.74, 6) is -0.192. The third-order valence-electron chi connectivity index (χ3n) is 5.02. The van der Waals surface area contributed by atoms with Crippen molar-refractivity contribution in [2.75, 3.05) is 12.4 Å². The second-order valence-corrected chi connectivity index (χ2v) is 9.31. The van der Waals surface area contributed by atoms with Crippen LogP contribution in [-0.2, 0) is 27.7 Å². The Bertz CT molecular complexity index is 1120. The maximum absolute atomic E-state index is 12.5. The molecular weight excluding hydrogens is 388 g/mol. The number of rotatable bonds is 7. The molecule has 2 aromatic carbocycles. The molecular formula is C22H26N2O4S. The van der Waals surface area contributed by atoms with Gasteiger partial charge in [-0.25, -0.2) is 8.42 Å². The fourth-order valence-electron chi connectivity index (χ4n) is 3.02. The Morgan fingerprint density at radius 2 is 1.83 bits per heavy atom. The van der Waals surface area contributed by atoms with Gasteiger partial charge in [0.25, 0.3) is 0 Å². The van der Waals surface area contributed by atoms with Crippen LogP contribution in [0.4, 0.5) is 5.69 Å². The average molecular weight is 415 g/mol. The van der Waals surface area contributed by atoms with Crippen LogP contribution in [0.25, 0.3) is 11.0 Å².